The normalized spacial score (nSPS) is 16.1. The van der Waals surface area contributed by atoms with E-state index < -0.39 is 0 Å². The monoisotopic (exact) mass is 472 g/mol. The highest BCUT2D eigenvalue weighted by atomic mass is 14.8. The predicted octanol–water partition coefficient (Wildman–Crippen LogP) is 10.1. The largest absolute Gasteiger partial charge is 0.268 e. The van der Waals surface area contributed by atoms with Crippen LogP contribution in [0.1, 0.15) is 77.3 Å². The minimum absolute atomic E-state index is 0.0182. The molecule has 1 aromatic heterocycles. The van der Waals surface area contributed by atoms with Crippen molar-refractivity contribution >= 4 is 16.5 Å². The Balaban J connectivity index is 1.55. The summed E-state index contributed by atoms with van der Waals surface area (Å²) in [5.74, 6) is 0.647. The van der Waals surface area contributed by atoms with E-state index in [0.29, 0.717) is 17.0 Å². The number of aromatic nitrogens is 1. The average Bonchev–Trinajstić information content (AvgIpc) is 2.87. The van der Waals surface area contributed by atoms with Gasteiger partial charge in [0.25, 0.3) is 0 Å². The Labute approximate surface area is 216 Å². The van der Waals surface area contributed by atoms with E-state index in [2.05, 4.69) is 100 Å². The molecule has 0 unspecified atom stereocenters. The first-order chi connectivity index (χ1) is 17.2. The van der Waals surface area contributed by atoms with Gasteiger partial charge in [-0.25, -0.2) is 4.85 Å². The van der Waals surface area contributed by atoms with Crippen molar-refractivity contribution in [3.05, 3.63) is 95.5 Å². The van der Waals surface area contributed by atoms with Crippen molar-refractivity contribution < 1.29 is 0 Å². The van der Waals surface area contributed by atoms with Gasteiger partial charge < -0.3 is 0 Å². The smallest absolute Gasteiger partial charge is 0.220 e. The van der Waals surface area contributed by atoms with E-state index >= 15 is 0 Å². The predicted molar refractivity (Wildman–Crippen MR) is 153 cm³/mol. The van der Waals surface area contributed by atoms with Crippen molar-refractivity contribution in [1.29, 1.82) is 0 Å². The highest BCUT2D eigenvalue weighted by Gasteiger charge is 2.27. The van der Waals surface area contributed by atoms with Crippen molar-refractivity contribution in [2.75, 3.05) is 0 Å². The van der Waals surface area contributed by atoms with Gasteiger partial charge in [-0.05, 0) is 99.2 Å². The number of benzene rings is 3. The third-order valence-electron chi connectivity index (χ3n) is 8.01. The Morgan fingerprint density at radius 3 is 2.25 bits per heavy atom. The van der Waals surface area contributed by atoms with Crippen molar-refractivity contribution in [1.82, 2.24) is 4.98 Å². The highest BCUT2D eigenvalue weighted by Crippen LogP contribution is 2.44. The molecule has 0 atom stereocenters. The molecule has 1 aliphatic rings. The molecule has 0 spiro atoms. The van der Waals surface area contributed by atoms with Crippen LogP contribution >= 0.6 is 0 Å². The summed E-state index contributed by atoms with van der Waals surface area (Å²) < 4.78 is 0. The molecule has 0 radical (unpaired) electrons. The molecule has 36 heavy (non-hydrogen) atoms. The second-order valence-electron chi connectivity index (χ2n) is 12.2. The zero-order valence-corrected chi connectivity index (χ0v) is 22.2. The molecule has 2 heteroatoms. The van der Waals surface area contributed by atoms with Crippen LogP contribution < -0.4 is 0 Å². The van der Waals surface area contributed by atoms with Gasteiger partial charge in [0.1, 0.15) is 0 Å². The molecule has 0 N–H and O–H groups in total. The number of hydrogen-bond acceptors (Lipinski definition) is 1. The molecule has 1 saturated carbocycles. The van der Waals surface area contributed by atoms with Gasteiger partial charge in [-0.2, -0.15) is 0 Å². The number of nitrogens with zero attached hydrogens (tertiary/aromatic N) is 2. The van der Waals surface area contributed by atoms with Crippen LogP contribution in [0, 0.1) is 12.0 Å². The fraction of sp³-hybridized carbons (Fsp3) is 0.353. The van der Waals surface area contributed by atoms with Gasteiger partial charge in [-0.1, -0.05) is 83.1 Å². The van der Waals surface area contributed by atoms with E-state index in [0.717, 1.165) is 22.4 Å². The third kappa shape index (κ3) is 4.68. The molecule has 0 saturated heterocycles. The van der Waals surface area contributed by atoms with Crippen LogP contribution in [0.4, 0.5) is 5.69 Å². The summed E-state index contributed by atoms with van der Waals surface area (Å²) >= 11 is 0. The Bertz CT molecular complexity index is 1440. The molecular formula is C34H36N2. The lowest BCUT2D eigenvalue weighted by molar-refractivity contribution is 0.224. The standard InChI is InChI=1S/C34H36N2/c1-33(2,3)30-22-27(21-26-9-7-8-10-28(26)30)31-32(35-6)29(17-20-36-31)25-13-11-23(12-14-25)24-15-18-34(4,5)19-16-24/h7-14,17,20-22,24H,15-16,18-19H2,1-5H3. The Morgan fingerprint density at radius 2 is 1.58 bits per heavy atom. The first-order valence-corrected chi connectivity index (χ1v) is 13.2. The third-order valence-corrected chi connectivity index (χ3v) is 8.01. The molecule has 5 rings (SSSR count). The van der Waals surface area contributed by atoms with Gasteiger partial charge in [0.15, 0.2) is 0 Å². The van der Waals surface area contributed by atoms with Crippen LogP contribution in [0.15, 0.2) is 72.9 Å². The van der Waals surface area contributed by atoms with Crippen LogP contribution in [0.3, 0.4) is 0 Å². The Kier molecular flexibility index (Phi) is 6.21. The fourth-order valence-electron chi connectivity index (χ4n) is 5.75. The zero-order valence-electron chi connectivity index (χ0n) is 22.2. The van der Waals surface area contributed by atoms with E-state index in [1.54, 1.807) is 0 Å². The minimum Gasteiger partial charge on any atom is -0.268 e. The quantitative estimate of drug-likeness (QED) is 0.271. The Morgan fingerprint density at radius 1 is 0.889 bits per heavy atom. The minimum atomic E-state index is -0.0182. The lowest BCUT2D eigenvalue weighted by atomic mass is 9.71. The summed E-state index contributed by atoms with van der Waals surface area (Å²) in [6.45, 7) is 19.6. The van der Waals surface area contributed by atoms with E-state index in [9.17, 15) is 0 Å². The summed E-state index contributed by atoms with van der Waals surface area (Å²) in [5.41, 5.74) is 7.60. The number of rotatable bonds is 3. The molecule has 1 heterocycles. The molecule has 0 amide bonds. The maximum atomic E-state index is 8.09. The summed E-state index contributed by atoms with van der Waals surface area (Å²) in [5, 5.41) is 2.44. The summed E-state index contributed by atoms with van der Waals surface area (Å²) in [7, 11) is 0. The zero-order chi connectivity index (χ0) is 25.5. The molecule has 3 aromatic carbocycles. The van der Waals surface area contributed by atoms with Crippen molar-refractivity contribution in [3.63, 3.8) is 0 Å². The topological polar surface area (TPSA) is 17.2 Å². The second kappa shape index (κ2) is 9.21. The molecule has 1 aliphatic carbocycles. The van der Waals surface area contributed by atoms with Crippen LogP contribution in [0.5, 0.6) is 0 Å². The summed E-state index contributed by atoms with van der Waals surface area (Å²) in [4.78, 5) is 8.74. The second-order valence-corrected chi connectivity index (χ2v) is 12.2. The fourth-order valence-corrected chi connectivity index (χ4v) is 5.75. The lowest BCUT2D eigenvalue weighted by Gasteiger charge is -2.34. The van der Waals surface area contributed by atoms with E-state index in [4.69, 9.17) is 11.6 Å². The van der Waals surface area contributed by atoms with Crippen molar-refractivity contribution in [2.24, 2.45) is 5.41 Å². The molecule has 182 valence electrons. The molecular weight excluding hydrogens is 436 g/mol. The molecule has 1 fully saturated rings. The van der Waals surface area contributed by atoms with Crippen LogP contribution in [0.2, 0.25) is 0 Å². The first-order valence-electron chi connectivity index (χ1n) is 13.2. The SMILES string of the molecule is [C-]#[N+]c1c(-c2ccc(C3CCC(C)(C)CC3)cc2)ccnc1-c1cc(C(C)(C)C)c2ccccc2c1. The maximum Gasteiger partial charge on any atom is 0.220 e. The number of fused-ring (bicyclic) bond motifs is 1. The maximum absolute atomic E-state index is 8.09. The van der Waals surface area contributed by atoms with Crippen molar-refractivity contribution in [2.45, 2.75) is 71.6 Å². The van der Waals surface area contributed by atoms with E-state index in [1.807, 2.05) is 12.3 Å². The average molecular weight is 473 g/mol. The first kappa shape index (κ1) is 24.3. The number of hydrogen-bond donors (Lipinski definition) is 0. The van der Waals surface area contributed by atoms with E-state index in [-0.39, 0.29) is 5.41 Å². The summed E-state index contributed by atoms with van der Waals surface area (Å²) in [6.07, 6.45) is 6.95. The number of pyridine rings is 1. The van der Waals surface area contributed by atoms with Gasteiger partial charge in [-0.15, -0.1) is 0 Å². The summed E-state index contributed by atoms with van der Waals surface area (Å²) in [6, 6.07) is 23.9. The van der Waals surface area contributed by atoms with Crippen LogP contribution in [-0.4, -0.2) is 4.98 Å². The Hall–Kier alpha value is -3.44. The van der Waals surface area contributed by atoms with E-state index in [1.165, 1.54) is 47.6 Å². The lowest BCUT2D eigenvalue weighted by Crippen LogP contribution is -2.20. The molecule has 2 nitrogen and oxygen atoms in total. The molecule has 0 bridgehead atoms. The van der Waals surface area contributed by atoms with Gasteiger partial charge in [0, 0.05) is 6.20 Å². The highest BCUT2D eigenvalue weighted by molar-refractivity contribution is 5.95. The van der Waals surface area contributed by atoms with Gasteiger partial charge in [0.2, 0.25) is 5.69 Å². The van der Waals surface area contributed by atoms with Gasteiger partial charge >= 0.3 is 0 Å². The van der Waals surface area contributed by atoms with Crippen molar-refractivity contribution in [3.8, 4) is 22.4 Å². The molecule has 0 aliphatic heterocycles. The van der Waals surface area contributed by atoms with Crippen LogP contribution in [0.25, 0.3) is 38.0 Å². The van der Waals surface area contributed by atoms with Gasteiger partial charge in [0.05, 0.1) is 12.3 Å². The van der Waals surface area contributed by atoms with Crippen LogP contribution in [-0.2, 0) is 5.41 Å². The van der Waals surface area contributed by atoms with Gasteiger partial charge in [-0.3, -0.25) is 4.98 Å². The molecule has 4 aromatic rings.